The lowest BCUT2D eigenvalue weighted by molar-refractivity contribution is 0.586. The van der Waals surface area contributed by atoms with Crippen molar-refractivity contribution >= 4 is 21.4 Å². The molecule has 0 radical (unpaired) electrons. The Kier molecular flexibility index (Phi) is 5.40. The summed E-state index contributed by atoms with van der Waals surface area (Å²) in [6.45, 7) is 5.97. The molecule has 6 heteroatoms. The maximum atomic E-state index is 11.7. The van der Waals surface area contributed by atoms with Crippen molar-refractivity contribution in [3.05, 3.63) is 17.0 Å². The fourth-order valence-electron chi connectivity index (χ4n) is 1.26. The molecule has 0 fully saturated rings. The van der Waals surface area contributed by atoms with Crippen molar-refractivity contribution in [3.63, 3.8) is 0 Å². The van der Waals surface area contributed by atoms with Crippen LogP contribution in [0.5, 0.6) is 0 Å². The van der Waals surface area contributed by atoms with Crippen LogP contribution in [0.4, 0.5) is 0 Å². The van der Waals surface area contributed by atoms with E-state index in [9.17, 15) is 8.42 Å². The predicted octanol–water partition coefficient (Wildman–Crippen LogP) is 1.55. The van der Waals surface area contributed by atoms with Gasteiger partial charge in [-0.3, -0.25) is 0 Å². The molecule has 0 aliphatic carbocycles. The summed E-state index contributed by atoms with van der Waals surface area (Å²) in [5.74, 6) is 0. The second-order valence-corrected chi connectivity index (χ2v) is 6.36. The van der Waals surface area contributed by atoms with Gasteiger partial charge in [0, 0.05) is 13.1 Å². The first-order valence-electron chi connectivity index (χ1n) is 5.38. The molecule has 1 aromatic rings. The number of hydrogen-bond acceptors (Lipinski definition) is 4. The molecule has 92 valence electrons. The van der Waals surface area contributed by atoms with Crippen LogP contribution >= 0.6 is 11.3 Å². The Morgan fingerprint density at radius 3 is 2.75 bits per heavy atom. The average Bonchev–Trinajstić information content (AvgIpc) is 2.67. The Labute approximate surface area is 101 Å². The minimum atomic E-state index is -3.28. The highest BCUT2D eigenvalue weighted by Crippen LogP contribution is 2.19. The lowest BCUT2D eigenvalue weighted by atomic mass is 10.3. The van der Waals surface area contributed by atoms with E-state index in [0.29, 0.717) is 10.8 Å². The third-order valence-electron chi connectivity index (χ3n) is 1.98. The van der Waals surface area contributed by atoms with E-state index in [2.05, 4.69) is 17.0 Å². The number of thiophene rings is 1. The standard InChI is InChI=1S/C10H18N2O2S2/c1-3-5-11-7-9-6-10(15-8-9)16(13,14)12-4-2/h6,8,11-12H,3-5,7H2,1-2H3. The van der Waals surface area contributed by atoms with E-state index in [4.69, 9.17) is 0 Å². The molecular formula is C10H18N2O2S2. The maximum absolute atomic E-state index is 11.7. The van der Waals surface area contributed by atoms with Crippen molar-refractivity contribution in [3.8, 4) is 0 Å². The quantitative estimate of drug-likeness (QED) is 0.733. The van der Waals surface area contributed by atoms with Crippen LogP contribution in [0.2, 0.25) is 0 Å². The average molecular weight is 262 g/mol. The molecule has 0 unspecified atom stereocenters. The van der Waals surface area contributed by atoms with Crippen LogP contribution in [0.15, 0.2) is 15.7 Å². The summed E-state index contributed by atoms with van der Waals surface area (Å²) in [4.78, 5) is 0. The topological polar surface area (TPSA) is 58.2 Å². The summed E-state index contributed by atoms with van der Waals surface area (Å²) >= 11 is 1.26. The molecule has 0 spiro atoms. The van der Waals surface area contributed by atoms with Crippen molar-refractivity contribution in [2.24, 2.45) is 0 Å². The summed E-state index contributed by atoms with van der Waals surface area (Å²) < 4.78 is 26.2. The van der Waals surface area contributed by atoms with Gasteiger partial charge in [-0.15, -0.1) is 11.3 Å². The molecule has 0 aromatic carbocycles. The van der Waals surface area contributed by atoms with Crippen LogP contribution in [0.3, 0.4) is 0 Å². The van der Waals surface area contributed by atoms with Crippen LogP contribution in [-0.4, -0.2) is 21.5 Å². The third-order valence-corrected chi connectivity index (χ3v) is 5.02. The molecule has 1 heterocycles. The third kappa shape index (κ3) is 3.86. The van der Waals surface area contributed by atoms with Crippen molar-refractivity contribution < 1.29 is 8.42 Å². The SMILES string of the molecule is CCCNCc1csc(S(=O)(=O)NCC)c1. The van der Waals surface area contributed by atoms with Gasteiger partial charge >= 0.3 is 0 Å². The van der Waals surface area contributed by atoms with E-state index in [1.165, 1.54) is 11.3 Å². The minimum Gasteiger partial charge on any atom is -0.313 e. The van der Waals surface area contributed by atoms with Gasteiger partial charge in [0.15, 0.2) is 0 Å². The van der Waals surface area contributed by atoms with Gasteiger partial charge in [-0.05, 0) is 30.0 Å². The van der Waals surface area contributed by atoms with Crippen LogP contribution < -0.4 is 10.0 Å². The molecule has 0 aliphatic rings. The summed E-state index contributed by atoms with van der Waals surface area (Å²) in [5.41, 5.74) is 1.02. The van der Waals surface area contributed by atoms with Crippen LogP contribution in [0.1, 0.15) is 25.8 Å². The van der Waals surface area contributed by atoms with E-state index in [1.807, 2.05) is 5.38 Å². The van der Waals surface area contributed by atoms with Crippen molar-refractivity contribution in [2.45, 2.75) is 31.0 Å². The fourth-order valence-corrected chi connectivity index (χ4v) is 3.55. The van der Waals surface area contributed by atoms with Crippen LogP contribution in [-0.2, 0) is 16.6 Å². The summed E-state index contributed by atoms with van der Waals surface area (Å²) in [5, 5.41) is 5.12. The van der Waals surface area contributed by atoms with Gasteiger partial charge in [0.1, 0.15) is 4.21 Å². The molecule has 1 rings (SSSR count). The first-order chi connectivity index (χ1) is 7.60. The highest BCUT2D eigenvalue weighted by Gasteiger charge is 2.14. The zero-order valence-corrected chi connectivity index (χ0v) is 11.2. The van der Waals surface area contributed by atoms with E-state index < -0.39 is 10.0 Å². The molecule has 0 bridgehead atoms. The van der Waals surface area contributed by atoms with Gasteiger partial charge in [-0.2, -0.15) is 0 Å². The second-order valence-electron chi connectivity index (χ2n) is 3.45. The highest BCUT2D eigenvalue weighted by atomic mass is 32.2. The molecule has 0 aliphatic heterocycles. The molecule has 2 N–H and O–H groups in total. The molecule has 16 heavy (non-hydrogen) atoms. The van der Waals surface area contributed by atoms with Crippen molar-refractivity contribution in [1.29, 1.82) is 0 Å². The van der Waals surface area contributed by atoms with Crippen LogP contribution in [0, 0.1) is 0 Å². The first kappa shape index (κ1) is 13.6. The summed E-state index contributed by atoms with van der Waals surface area (Å²) in [6.07, 6.45) is 1.08. The Bertz CT molecular complexity index is 412. The molecular weight excluding hydrogens is 244 g/mol. The van der Waals surface area contributed by atoms with Gasteiger partial charge in [-0.1, -0.05) is 13.8 Å². The molecule has 0 atom stereocenters. The molecule has 0 saturated carbocycles. The minimum absolute atomic E-state index is 0.391. The largest absolute Gasteiger partial charge is 0.313 e. The van der Waals surface area contributed by atoms with E-state index in [-0.39, 0.29) is 0 Å². The zero-order valence-electron chi connectivity index (χ0n) is 9.62. The van der Waals surface area contributed by atoms with Crippen LogP contribution in [0.25, 0.3) is 0 Å². The first-order valence-corrected chi connectivity index (χ1v) is 7.74. The van der Waals surface area contributed by atoms with E-state index >= 15 is 0 Å². The van der Waals surface area contributed by atoms with Crippen molar-refractivity contribution in [2.75, 3.05) is 13.1 Å². The number of rotatable bonds is 7. The second kappa shape index (κ2) is 6.34. The summed E-state index contributed by atoms with van der Waals surface area (Å²) in [6, 6.07) is 1.73. The molecule has 0 amide bonds. The monoisotopic (exact) mass is 262 g/mol. The van der Waals surface area contributed by atoms with Gasteiger partial charge in [0.25, 0.3) is 0 Å². The zero-order chi connectivity index (χ0) is 12.0. The van der Waals surface area contributed by atoms with E-state index in [1.54, 1.807) is 13.0 Å². The van der Waals surface area contributed by atoms with E-state index in [0.717, 1.165) is 25.1 Å². The Morgan fingerprint density at radius 1 is 1.38 bits per heavy atom. The Hall–Kier alpha value is -0.430. The molecule has 4 nitrogen and oxygen atoms in total. The summed E-state index contributed by atoms with van der Waals surface area (Å²) in [7, 11) is -3.28. The maximum Gasteiger partial charge on any atom is 0.250 e. The van der Waals surface area contributed by atoms with Gasteiger partial charge in [0.05, 0.1) is 0 Å². The smallest absolute Gasteiger partial charge is 0.250 e. The Morgan fingerprint density at radius 2 is 2.12 bits per heavy atom. The lowest BCUT2D eigenvalue weighted by Crippen LogP contribution is -2.22. The number of hydrogen-bond donors (Lipinski definition) is 2. The fraction of sp³-hybridized carbons (Fsp3) is 0.600. The highest BCUT2D eigenvalue weighted by molar-refractivity contribution is 7.91. The van der Waals surface area contributed by atoms with Crippen molar-refractivity contribution in [1.82, 2.24) is 10.0 Å². The molecule has 0 saturated heterocycles. The van der Waals surface area contributed by atoms with Gasteiger partial charge in [0.2, 0.25) is 10.0 Å². The number of sulfonamides is 1. The predicted molar refractivity (Wildman–Crippen MR) is 67.2 cm³/mol. The normalized spacial score (nSPS) is 11.9. The molecule has 1 aromatic heterocycles. The van der Waals surface area contributed by atoms with Gasteiger partial charge in [-0.25, -0.2) is 13.1 Å². The number of nitrogens with one attached hydrogen (secondary N) is 2. The lowest BCUT2D eigenvalue weighted by Gasteiger charge is -2.00. The van der Waals surface area contributed by atoms with Gasteiger partial charge < -0.3 is 5.32 Å². The Balaban J connectivity index is 2.64.